The van der Waals surface area contributed by atoms with E-state index in [1.807, 2.05) is 0 Å². The highest BCUT2D eigenvalue weighted by atomic mass is 32.1. The van der Waals surface area contributed by atoms with Gasteiger partial charge in [-0.2, -0.15) is 40.2 Å². The Labute approximate surface area is 142 Å². The van der Waals surface area contributed by atoms with E-state index in [1.54, 1.807) is 13.1 Å². The zero-order valence-corrected chi connectivity index (χ0v) is 14.3. The molecule has 2 rings (SSSR count). The molecule has 0 saturated carbocycles. The molecule has 128 valence electrons. The van der Waals surface area contributed by atoms with Crippen molar-refractivity contribution in [3.8, 4) is 0 Å². The second-order valence-corrected chi connectivity index (χ2v) is 5.17. The lowest BCUT2D eigenvalue weighted by Crippen LogP contribution is -2.33. The summed E-state index contributed by atoms with van der Waals surface area (Å²) in [5.74, 6) is 0. The highest BCUT2D eigenvalue weighted by molar-refractivity contribution is 7.59. The van der Waals surface area contributed by atoms with E-state index in [0.29, 0.717) is 18.7 Å². The van der Waals surface area contributed by atoms with Crippen LogP contribution in [0.5, 0.6) is 0 Å². The summed E-state index contributed by atoms with van der Waals surface area (Å²) >= 11 is 0. The van der Waals surface area contributed by atoms with Crippen LogP contribution in [-0.4, -0.2) is 42.8 Å². The van der Waals surface area contributed by atoms with Crippen LogP contribution in [0.25, 0.3) is 0 Å². The summed E-state index contributed by atoms with van der Waals surface area (Å²) < 4.78 is 38.2. The van der Waals surface area contributed by atoms with E-state index in [4.69, 9.17) is 0 Å². The van der Waals surface area contributed by atoms with Gasteiger partial charge in [-0.05, 0) is 31.2 Å². The van der Waals surface area contributed by atoms with Gasteiger partial charge < -0.3 is 10.4 Å². The Morgan fingerprint density at radius 1 is 1.36 bits per heavy atom. The number of hydrogen-bond acceptors (Lipinski definition) is 3. The largest absolute Gasteiger partial charge is 0.416 e. The van der Waals surface area contributed by atoms with Gasteiger partial charge in [0, 0.05) is 25.7 Å². The maximum atomic E-state index is 12.7. The van der Waals surface area contributed by atoms with Crippen molar-refractivity contribution in [2.24, 2.45) is 0 Å². The number of rotatable bonds is 4. The first kappa shape index (κ1) is 21.6. The van der Waals surface area contributed by atoms with Gasteiger partial charge in [0.2, 0.25) is 0 Å². The highest BCUT2D eigenvalue weighted by Gasteiger charge is 2.31. The van der Waals surface area contributed by atoms with Crippen LogP contribution in [0.2, 0.25) is 0 Å². The predicted molar refractivity (Wildman–Crippen MR) is 91.1 cm³/mol. The summed E-state index contributed by atoms with van der Waals surface area (Å²) in [5.41, 5.74) is -0.0135. The maximum absolute atomic E-state index is 12.7. The molecule has 1 saturated heterocycles. The van der Waals surface area contributed by atoms with E-state index in [1.165, 1.54) is 12.1 Å². The Bertz CT molecular complexity index is 460. The van der Waals surface area contributed by atoms with E-state index >= 15 is 0 Å². The lowest BCUT2D eigenvalue weighted by Gasteiger charge is -2.24. The SMILES string of the molecule is CN[C@H](CN1CC[C@H](O)C1)c1cccc(C(F)(F)F)c1.S.S. The molecule has 0 radical (unpaired) electrons. The lowest BCUT2D eigenvalue weighted by molar-refractivity contribution is -0.137. The number of hydrogen-bond donors (Lipinski definition) is 2. The molecule has 22 heavy (non-hydrogen) atoms. The van der Waals surface area contributed by atoms with Crippen molar-refractivity contribution in [3.63, 3.8) is 0 Å². The fourth-order valence-electron chi connectivity index (χ4n) is 2.53. The van der Waals surface area contributed by atoms with Crippen LogP contribution < -0.4 is 5.32 Å². The Hall–Kier alpha value is -0.410. The molecule has 0 bridgehead atoms. The molecule has 3 nitrogen and oxygen atoms in total. The zero-order valence-electron chi connectivity index (χ0n) is 12.3. The number of alkyl halides is 3. The van der Waals surface area contributed by atoms with Gasteiger partial charge in [-0.3, -0.25) is 4.90 Å². The van der Waals surface area contributed by atoms with Gasteiger partial charge in [0.05, 0.1) is 11.7 Å². The number of nitrogens with one attached hydrogen (secondary N) is 1. The molecule has 0 aromatic heterocycles. The second-order valence-electron chi connectivity index (χ2n) is 5.17. The molecule has 2 N–H and O–H groups in total. The van der Waals surface area contributed by atoms with Crippen molar-refractivity contribution in [2.75, 3.05) is 26.7 Å². The molecule has 0 unspecified atom stereocenters. The van der Waals surface area contributed by atoms with Crippen molar-refractivity contribution in [2.45, 2.75) is 24.7 Å². The van der Waals surface area contributed by atoms with Gasteiger partial charge in [0.1, 0.15) is 0 Å². The van der Waals surface area contributed by atoms with Gasteiger partial charge in [-0.1, -0.05) is 12.1 Å². The van der Waals surface area contributed by atoms with Crippen molar-refractivity contribution in [1.82, 2.24) is 10.2 Å². The fourth-order valence-corrected chi connectivity index (χ4v) is 2.53. The Morgan fingerprint density at radius 3 is 2.55 bits per heavy atom. The number of aliphatic hydroxyl groups is 1. The minimum absolute atomic E-state index is 0. The molecule has 1 aromatic rings. The third-order valence-corrected chi connectivity index (χ3v) is 3.65. The van der Waals surface area contributed by atoms with E-state index in [-0.39, 0.29) is 39.1 Å². The standard InChI is InChI=1S/C14H19F3N2O.2H2S/c1-18-13(9-19-6-5-12(20)8-19)10-3-2-4-11(7-10)14(15,16)17;;/h2-4,7,12-13,18,20H,5-6,8-9H2,1H3;2*1H2/t12-,13+;;/m0../s1. The molecular formula is C14H23F3N2OS2. The Balaban J connectivity index is 0.00000220. The number of nitrogens with zero attached hydrogens (tertiary/aromatic N) is 1. The average molecular weight is 356 g/mol. The van der Waals surface area contributed by atoms with Crippen LogP contribution in [0.1, 0.15) is 23.6 Å². The first-order chi connectivity index (χ1) is 9.40. The van der Waals surface area contributed by atoms with Crippen LogP contribution in [0.15, 0.2) is 24.3 Å². The zero-order chi connectivity index (χ0) is 14.8. The van der Waals surface area contributed by atoms with Crippen LogP contribution in [0, 0.1) is 0 Å². The van der Waals surface area contributed by atoms with Crippen LogP contribution >= 0.6 is 27.0 Å². The predicted octanol–water partition coefficient (Wildman–Crippen LogP) is 2.26. The number of halogens is 3. The van der Waals surface area contributed by atoms with Crippen LogP contribution in [-0.2, 0) is 6.18 Å². The first-order valence-electron chi connectivity index (χ1n) is 6.65. The van der Waals surface area contributed by atoms with Crippen molar-refractivity contribution >= 4 is 27.0 Å². The summed E-state index contributed by atoms with van der Waals surface area (Å²) in [6.45, 7) is 1.95. The molecule has 0 spiro atoms. The molecule has 1 aromatic carbocycles. The van der Waals surface area contributed by atoms with E-state index in [9.17, 15) is 18.3 Å². The first-order valence-corrected chi connectivity index (χ1v) is 6.65. The molecule has 0 amide bonds. The molecule has 0 aliphatic carbocycles. The molecule has 8 heteroatoms. The van der Waals surface area contributed by atoms with Gasteiger partial charge in [0.15, 0.2) is 0 Å². The lowest BCUT2D eigenvalue weighted by atomic mass is 10.0. The Kier molecular flexibility index (Phi) is 8.86. The van der Waals surface area contributed by atoms with Gasteiger partial charge in [-0.15, -0.1) is 0 Å². The summed E-state index contributed by atoms with van der Waals surface area (Å²) in [5, 5.41) is 12.5. The number of likely N-dealkylation sites (N-methyl/N-ethyl adjacent to an activating group) is 1. The second kappa shape index (κ2) is 9.02. The molecule has 1 aliphatic rings. The van der Waals surface area contributed by atoms with Gasteiger partial charge in [-0.25, -0.2) is 0 Å². The molecule has 1 aliphatic heterocycles. The van der Waals surface area contributed by atoms with E-state index < -0.39 is 11.7 Å². The van der Waals surface area contributed by atoms with Crippen LogP contribution in [0.4, 0.5) is 13.2 Å². The van der Waals surface area contributed by atoms with Gasteiger partial charge >= 0.3 is 6.18 Å². The number of benzene rings is 1. The minimum atomic E-state index is -4.32. The summed E-state index contributed by atoms with van der Waals surface area (Å²) in [6.07, 6.45) is -3.93. The fraction of sp³-hybridized carbons (Fsp3) is 0.571. The third-order valence-electron chi connectivity index (χ3n) is 3.65. The maximum Gasteiger partial charge on any atom is 0.416 e. The molecule has 1 fully saturated rings. The smallest absolute Gasteiger partial charge is 0.392 e. The average Bonchev–Trinajstić information content (AvgIpc) is 2.81. The van der Waals surface area contributed by atoms with Crippen LogP contribution in [0.3, 0.4) is 0 Å². The minimum Gasteiger partial charge on any atom is -0.392 e. The summed E-state index contributed by atoms with van der Waals surface area (Å²) in [6, 6.07) is 5.22. The summed E-state index contributed by atoms with van der Waals surface area (Å²) in [4.78, 5) is 2.06. The molecule has 2 atom stereocenters. The van der Waals surface area contributed by atoms with Crippen molar-refractivity contribution < 1.29 is 18.3 Å². The van der Waals surface area contributed by atoms with E-state index in [2.05, 4.69) is 10.2 Å². The molecular weight excluding hydrogens is 333 g/mol. The number of likely N-dealkylation sites (tertiary alicyclic amines) is 1. The number of aliphatic hydroxyl groups excluding tert-OH is 1. The third kappa shape index (κ3) is 5.66. The molecule has 1 heterocycles. The highest BCUT2D eigenvalue weighted by Crippen LogP contribution is 2.31. The quantitative estimate of drug-likeness (QED) is 0.869. The monoisotopic (exact) mass is 356 g/mol. The Morgan fingerprint density at radius 2 is 2.05 bits per heavy atom. The number of β-amino-alcohol motifs (C(OH)–C–C–N with tert-alkyl or cyclic N) is 1. The normalized spacial score (nSPS) is 20.1. The topological polar surface area (TPSA) is 35.5 Å². The van der Waals surface area contributed by atoms with E-state index in [0.717, 1.165) is 19.0 Å². The summed E-state index contributed by atoms with van der Waals surface area (Å²) in [7, 11) is 1.73. The van der Waals surface area contributed by atoms with Crippen molar-refractivity contribution in [1.29, 1.82) is 0 Å². The van der Waals surface area contributed by atoms with Gasteiger partial charge in [0.25, 0.3) is 0 Å². The van der Waals surface area contributed by atoms with Crippen molar-refractivity contribution in [3.05, 3.63) is 35.4 Å².